The Balaban J connectivity index is 1.93. The van der Waals surface area contributed by atoms with Gasteiger partial charge >= 0.3 is 5.69 Å². The predicted octanol–water partition coefficient (Wildman–Crippen LogP) is 1.54. The molecule has 0 saturated heterocycles. The zero-order valence-electron chi connectivity index (χ0n) is 14.1. The van der Waals surface area contributed by atoms with Gasteiger partial charge in [-0.15, -0.1) is 5.10 Å². The van der Waals surface area contributed by atoms with Crippen molar-refractivity contribution in [3.8, 4) is 0 Å². The maximum Gasteiger partial charge on any atom is 0.343 e. The smallest absolute Gasteiger partial charge is 0.343 e. The molecule has 0 radical (unpaired) electrons. The van der Waals surface area contributed by atoms with Gasteiger partial charge in [-0.2, -0.15) is 0 Å². The normalized spacial score (nSPS) is 10.6. The molecule has 0 unspecified atom stereocenters. The number of Topliss-reactive ketones (excluding diaryl/α,β-unsaturated/α-hetero) is 1. The fraction of sp³-hybridized carbons (Fsp3) is 0.375. The van der Waals surface area contributed by atoms with Crippen molar-refractivity contribution in [1.29, 1.82) is 0 Å². The van der Waals surface area contributed by atoms with Gasteiger partial charge in [0.05, 0.1) is 5.75 Å². The molecule has 134 valence electrons. The SMILES string of the molecule is COCCCn1c(SCC(=O)Nc2cccc(C(C)=O)c2)n[nH]c1=O. The van der Waals surface area contributed by atoms with Crippen LogP contribution in [0.2, 0.25) is 0 Å². The van der Waals surface area contributed by atoms with Crippen LogP contribution in [-0.2, 0) is 16.1 Å². The average Bonchev–Trinajstić information content (AvgIpc) is 2.94. The van der Waals surface area contributed by atoms with Gasteiger partial charge in [-0.05, 0) is 25.5 Å². The number of benzene rings is 1. The van der Waals surface area contributed by atoms with E-state index in [-0.39, 0.29) is 23.1 Å². The molecule has 0 aliphatic heterocycles. The van der Waals surface area contributed by atoms with E-state index < -0.39 is 0 Å². The summed E-state index contributed by atoms with van der Waals surface area (Å²) >= 11 is 1.16. The summed E-state index contributed by atoms with van der Waals surface area (Å²) in [6.45, 7) is 2.47. The molecule has 1 heterocycles. The number of carbonyl (C=O) groups is 2. The van der Waals surface area contributed by atoms with Crippen LogP contribution >= 0.6 is 11.8 Å². The summed E-state index contributed by atoms with van der Waals surface area (Å²) in [5.74, 6) is -0.217. The van der Waals surface area contributed by atoms with Gasteiger partial charge in [0.15, 0.2) is 10.9 Å². The molecule has 0 aliphatic carbocycles. The zero-order valence-corrected chi connectivity index (χ0v) is 14.9. The minimum atomic E-state index is -0.312. The van der Waals surface area contributed by atoms with E-state index in [0.717, 1.165) is 11.8 Å². The predicted molar refractivity (Wildman–Crippen MR) is 95.1 cm³/mol. The molecule has 1 aromatic carbocycles. The number of aromatic amines is 1. The molecule has 1 amide bonds. The summed E-state index contributed by atoms with van der Waals surface area (Å²) in [5, 5.41) is 9.50. The number of ether oxygens (including phenoxy) is 1. The fourth-order valence-electron chi connectivity index (χ4n) is 2.12. The number of ketones is 1. The second kappa shape index (κ2) is 9.19. The van der Waals surface area contributed by atoms with Crippen molar-refractivity contribution in [3.63, 3.8) is 0 Å². The van der Waals surface area contributed by atoms with Gasteiger partial charge in [-0.1, -0.05) is 23.9 Å². The maximum atomic E-state index is 12.1. The number of hydrogen-bond acceptors (Lipinski definition) is 6. The molecule has 0 saturated carbocycles. The van der Waals surface area contributed by atoms with Crippen molar-refractivity contribution in [2.45, 2.75) is 25.0 Å². The molecular weight excluding hydrogens is 344 g/mol. The van der Waals surface area contributed by atoms with Gasteiger partial charge in [0.2, 0.25) is 5.91 Å². The van der Waals surface area contributed by atoms with Crippen LogP contribution in [0, 0.1) is 0 Å². The second-order valence-corrected chi connectivity index (χ2v) is 6.23. The van der Waals surface area contributed by atoms with E-state index in [1.807, 2.05) is 0 Å². The number of aromatic nitrogens is 3. The van der Waals surface area contributed by atoms with Crippen LogP contribution < -0.4 is 11.0 Å². The minimum absolute atomic E-state index is 0.0675. The zero-order chi connectivity index (χ0) is 18.2. The Morgan fingerprint density at radius 3 is 2.92 bits per heavy atom. The molecule has 8 nitrogen and oxygen atoms in total. The highest BCUT2D eigenvalue weighted by atomic mass is 32.2. The maximum absolute atomic E-state index is 12.1. The first kappa shape index (κ1) is 18.9. The summed E-state index contributed by atoms with van der Waals surface area (Å²) in [5.41, 5.74) is 0.774. The van der Waals surface area contributed by atoms with E-state index in [1.165, 1.54) is 11.5 Å². The minimum Gasteiger partial charge on any atom is -0.385 e. The second-order valence-electron chi connectivity index (χ2n) is 5.28. The third kappa shape index (κ3) is 5.57. The van der Waals surface area contributed by atoms with Crippen LogP contribution in [0.4, 0.5) is 5.69 Å². The number of anilines is 1. The van der Waals surface area contributed by atoms with E-state index >= 15 is 0 Å². The van der Waals surface area contributed by atoms with E-state index in [0.29, 0.717) is 36.0 Å². The van der Waals surface area contributed by atoms with Crippen molar-refractivity contribution in [2.24, 2.45) is 0 Å². The van der Waals surface area contributed by atoms with Crippen molar-refractivity contribution < 1.29 is 14.3 Å². The van der Waals surface area contributed by atoms with Crippen LogP contribution in [0.15, 0.2) is 34.2 Å². The standard InChI is InChI=1S/C16H20N4O4S/c1-11(21)12-5-3-6-13(9-12)17-14(22)10-25-16-19-18-15(23)20(16)7-4-8-24-2/h3,5-6,9H,4,7-8,10H2,1-2H3,(H,17,22)(H,18,23). The highest BCUT2D eigenvalue weighted by Crippen LogP contribution is 2.15. The lowest BCUT2D eigenvalue weighted by molar-refractivity contribution is -0.113. The van der Waals surface area contributed by atoms with E-state index in [2.05, 4.69) is 15.5 Å². The summed E-state index contributed by atoms with van der Waals surface area (Å²) in [7, 11) is 1.60. The van der Waals surface area contributed by atoms with Crippen LogP contribution in [0.1, 0.15) is 23.7 Å². The molecule has 9 heteroatoms. The molecule has 0 spiro atoms. The number of thioether (sulfide) groups is 1. The van der Waals surface area contributed by atoms with Gasteiger partial charge < -0.3 is 10.1 Å². The van der Waals surface area contributed by atoms with E-state index in [9.17, 15) is 14.4 Å². The number of methoxy groups -OCH3 is 1. The molecule has 0 atom stereocenters. The third-order valence-corrected chi connectivity index (χ3v) is 4.32. The third-order valence-electron chi connectivity index (χ3n) is 3.34. The van der Waals surface area contributed by atoms with Gasteiger partial charge in [0.25, 0.3) is 0 Å². The average molecular weight is 364 g/mol. The largest absolute Gasteiger partial charge is 0.385 e. The summed E-state index contributed by atoms with van der Waals surface area (Å²) in [4.78, 5) is 35.2. The van der Waals surface area contributed by atoms with Crippen molar-refractivity contribution >= 4 is 29.1 Å². The summed E-state index contributed by atoms with van der Waals surface area (Å²) in [6.07, 6.45) is 0.674. The lowest BCUT2D eigenvalue weighted by Crippen LogP contribution is -2.19. The Labute approximate surface area is 149 Å². The van der Waals surface area contributed by atoms with Crippen LogP contribution in [-0.4, -0.2) is 45.9 Å². The number of rotatable bonds is 9. The van der Waals surface area contributed by atoms with Crippen LogP contribution in [0.5, 0.6) is 0 Å². The Morgan fingerprint density at radius 2 is 2.20 bits per heavy atom. The Bertz CT molecular complexity index is 799. The van der Waals surface area contributed by atoms with E-state index in [4.69, 9.17) is 4.74 Å². The van der Waals surface area contributed by atoms with Gasteiger partial charge in [0.1, 0.15) is 0 Å². The first-order valence-electron chi connectivity index (χ1n) is 7.69. The molecule has 0 aliphatic rings. The van der Waals surface area contributed by atoms with Crippen molar-refractivity contribution in [3.05, 3.63) is 40.3 Å². The first-order valence-corrected chi connectivity index (χ1v) is 8.67. The molecule has 1 aromatic heterocycles. The summed E-state index contributed by atoms with van der Waals surface area (Å²) < 4.78 is 6.45. The number of carbonyl (C=O) groups excluding carboxylic acids is 2. The molecule has 2 aromatic rings. The van der Waals surface area contributed by atoms with Gasteiger partial charge in [0, 0.05) is 31.5 Å². The van der Waals surface area contributed by atoms with E-state index in [1.54, 1.807) is 31.4 Å². The number of amides is 1. The number of nitrogens with one attached hydrogen (secondary N) is 2. The fourth-order valence-corrected chi connectivity index (χ4v) is 2.89. The highest BCUT2D eigenvalue weighted by Gasteiger charge is 2.12. The monoisotopic (exact) mass is 364 g/mol. The molecular formula is C16H20N4O4S. The number of nitrogens with zero attached hydrogens (tertiary/aromatic N) is 2. The molecule has 0 fully saturated rings. The number of H-pyrrole nitrogens is 1. The van der Waals surface area contributed by atoms with Gasteiger partial charge in [-0.25, -0.2) is 9.89 Å². The van der Waals surface area contributed by atoms with Crippen LogP contribution in [0.25, 0.3) is 0 Å². The van der Waals surface area contributed by atoms with Crippen molar-refractivity contribution in [2.75, 3.05) is 24.8 Å². The highest BCUT2D eigenvalue weighted by molar-refractivity contribution is 7.99. The molecule has 25 heavy (non-hydrogen) atoms. The number of hydrogen-bond donors (Lipinski definition) is 2. The lowest BCUT2D eigenvalue weighted by atomic mass is 10.1. The van der Waals surface area contributed by atoms with Crippen LogP contribution in [0.3, 0.4) is 0 Å². The lowest BCUT2D eigenvalue weighted by Gasteiger charge is -2.07. The Kier molecular flexibility index (Phi) is 6.96. The first-order chi connectivity index (χ1) is 12.0. The molecule has 2 N–H and O–H groups in total. The van der Waals surface area contributed by atoms with Crippen molar-refractivity contribution in [1.82, 2.24) is 14.8 Å². The van der Waals surface area contributed by atoms with Gasteiger partial charge in [-0.3, -0.25) is 14.2 Å². The Morgan fingerprint density at radius 1 is 1.40 bits per heavy atom. The Hall–Kier alpha value is -2.39. The molecule has 2 rings (SSSR count). The summed E-state index contributed by atoms with van der Waals surface area (Å²) in [6, 6.07) is 6.74. The molecule has 0 bridgehead atoms. The topological polar surface area (TPSA) is 106 Å². The quantitative estimate of drug-likeness (QED) is 0.397.